The van der Waals surface area contributed by atoms with E-state index in [1.807, 2.05) is 55.5 Å². The van der Waals surface area contributed by atoms with Crippen molar-refractivity contribution in [2.75, 3.05) is 5.32 Å². The molecule has 4 rings (SSSR count). The summed E-state index contributed by atoms with van der Waals surface area (Å²) < 4.78 is 5.70. The summed E-state index contributed by atoms with van der Waals surface area (Å²) in [6, 6.07) is 17.2. The molecule has 0 atom stereocenters. The second-order valence-corrected chi connectivity index (χ2v) is 6.24. The minimum atomic E-state index is 0.416. The normalized spacial score (nSPS) is 11.5. The molecular weight excluding hydrogens is 352 g/mol. The van der Waals surface area contributed by atoms with E-state index in [9.17, 15) is 0 Å². The lowest BCUT2D eigenvalue weighted by Gasteiger charge is -2.08. The van der Waals surface area contributed by atoms with Crippen molar-refractivity contribution in [2.45, 2.75) is 6.92 Å². The minimum absolute atomic E-state index is 0.416. The standard InChI is InChI=1S/C21H18N6O/c1-13-10-15-2-3-16(11-19(15)28-13)21-24-9-8-20(26-21)25-17-6-4-14(5-7-17)18(12-22)27-23/h2-12,22H,23H2,1H3,(H,24,25,26)/b22-12?,27-18+. The van der Waals surface area contributed by atoms with Gasteiger partial charge in [-0.25, -0.2) is 9.97 Å². The summed E-state index contributed by atoms with van der Waals surface area (Å²) in [4.78, 5) is 8.97. The second kappa shape index (κ2) is 7.32. The average Bonchev–Trinajstić information content (AvgIpc) is 3.09. The first-order valence-corrected chi connectivity index (χ1v) is 8.66. The molecule has 138 valence electrons. The van der Waals surface area contributed by atoms with Crippen molar-refractivity contribution in [2.24, 2.45) is 10.9 Å². The van der Waals surface area contributed by atoms with Crippen LogP contribution in [0, 0.1) is 12.3 Å². The molecule has 2 heterocycles. The van der Waals surface area contributed by atoms with Gasteiger partial charge in [0.25, 0.3) is 0 Å². The van der Waals surface area contributed by atoms with Crippen molar-refractivity contribution in [1.29, 1.82) is 5.41 Å². The van der Waals surface area contributed by atoms with Crippen molar-refractivity contribution in [3.8, 4) is 11.4 Å². The van der Waals surface area contributed by atoms with Crippen molar-refractivity contribution >= 4 is 34.4 Å². The summed E-state index contributed by atoms with van der Waals surface area (Å²) in [5.41, 5.74) is 3.74. The number of fused-ring (bicyclic) bond motifs is 1. The van der Waals surface area contributed by atoms with Crippen LogP contribution in [0.2, 0.25) is 0 Å². The average molecular weight is 370 g/mol. The third kappa shape index (κ3) is 3.45. The van der Waals surface area contributed by atoms with E-state index in [-0.39, 0.29) is 0 Å². The van der Waals surface area contributed by atoms with Crippen molar-refractivity contribution in [3.63, 3.8) is 0 Å². The van der Waals surface area contributed by atoms with Gasteiger partial charge in [0, 0.05) is 34.6 Å². The van der Waals surface area contributed by atoms with E-state index < -0.39 is 0 Å². The number of furan rings is 1. The number of hydrogen-bond donors (Lipinski definition) is 3. The highest BCUT2D eigenvalue weighted by molar-refractivity contribution is 6.37. The fourth-order valence-electron chi connectivity index (χ4n) is 2.94. The van der Waals surface area contributed by atoms with E-state index in [0.29, 0.717) is 17.4 Å². The van der Waals surface area contributed by atoms with Crippen molar-refractivity contribution in [3.05, 3.63) is 72.1 Å². The summed E-state index contributed by atoms with van der Waals surface area (Å²) >= 11 is 0. The van der Waals surface area contributed by atoms with Crippen molar-refractivity contribution < 1.29 is 4.42 Å². The molecule has 4 aromatic rings. The Morgan fingerprint density at radius 1 is 1.14 bits per heavy atom. The predicted molar refractivity (Wildman–Crippen MR) is 111 cm³/mol. The lowest BCUT2D eigenvalue weighted by atomic mass is 10.1. The lowest BCUT2D eigenvalue weighted by molar-refractivity contribution is 0.578. The molecule has 4 N–H and O–H groups in total. The van der Waals surface area contributed by atoms with Crippen LogP contribution in [0.4, 0.5) is 11.5 Å². The summed E-state index contributed by atoms with van der Waals surface area (Å²) in [6.07, 6.45) is 2.83. The zero-order chi connectivity index (χ0) is 19.5. The SMILES string of the molecule is Cc1cc2ccc(-c3nccc(Nc4ccc(/C(C=N)=N/N)cc4)n3)cc2o1. The van der Waals surface area contributed by atoms with E-state index in [1.54, 1.807) is 12.3 Å². The van der Waals surface area contributed by atoms with Gasteiger partial charge in [-0.3, -0.25) is 0 Å². The maximum atomic E-state index is 7.31. The van der Waals surface area contributed by atoms with Crippen LogP contribution in [0.15, 0.2) is 70.3 Å². The molecule has 7 nitrogen and oxygen atoms in total. The van der Waals surface area contributed by atoms with Gasteiger partial charge < -0.3 is 21.0 Å². The molecule has 0 saturated heterocycles. The maximum Gasteiger partial charge on any atom is 0.161 e. The zero-order valence-electron chi connectivity index (χ0n) is 15.2. The molecule has 0 fully saturated rings. The first-order chi connectivity index (χ1) is 13.7. The molecule has 0 aliphatic rings. The number of aromatic nitrogens is 2. The molecule has 28 heavy (non-hydrogen) atoms. The van der Waals surface area contributed by atoms with Gasteiger partial charge in [-0.1, -0.05) is 24.3 Å². The Bertz CT molecular complexity index is 1180. The summed E-state index contributed by atoms with van der Waals surface area (Å²) in [5.74, 6) is 7.44. The molecule has 0 amide bonds. The van der Waals surface area contributed by atoms with Crippen LogP contribution in [0.3, 0.4) is 0 Å². The molecule has 2 aromatic carbocycles. The number of anilines is 2. The Labute approximate surface area is 161 Å². The third-order valence-electron chi connectivity index (χ3n) is 4.29. The van der Waals surface area contributed by atoms with Gasteiger partial charge in [0.1, 0.15) is 22.9 Å². The van der Waals surface area contributed by atoms with Crippen LogP contribution in [-0.4, -0.2) is 21.9 Å². The van der Waals surface area contributed by atoms with E-state index in [0.717, 1.165) is 39.8 Å². The number of hydrazone groups is 1. The van der Waals surface area contributed by atoms with Gasteiger partial charge in [0.2, 0.25) is 0 Å². The first-order valence-electron chi connectivity index (χ1n) is 8.66. The molecule has 0 radical (unpaired) electrons. The number of benzene rings is 2. The molecule has 0 unspecified atom stereocenters. The lowest BCUT2D eigenvalue weighted by Crippen LogP contribution is -2.05. The fourth-order valence-corrected chi connectivity index (χ4v) is 2.94. The van der Waals surface area contributed by atoms with Gasteiger partial charge >= 0.3 is 0 Å². The number of aryl methyl sites for hydroxylation is 1. The van der Waals surface area contributed by atoms with E-state index in [1.165, 1.54) is 0 Å². The monoisotopic (exact) mass is 370 g/mol. The number of nitrogens with zero attached hydrogens (tertiary/aromatic N) is 3. The molecule has 0 spiro atoms. The molecule has 2 aromatic heterocycles. The molecule has 7 heteroatoms. The van der Waals surface area contributed by atoms with E-state index in [4.69, 9.17) is 15.7 Å². The fraction of sp³-hybridized carbons (Fsp3) is 0.0476. The smallest absolute Gasteiger partial charge is 0.161 e. The number of hydrogen-bond acceptors (Lipinski definition) is 7. The van der Waals surface area contributed by atoms with Gasteiger partial charge in [0.05, 0.1) is 0 Å². The highest BCUT2D eigenvalue weighted by Crippen LogP contribution is 2.25. The van der Waals surface area contributed by atoms with Gasteiger partial charge in [-0.2, -0.15) is 5.10 Å². The quantitative estimate of drug-likeness (QED) is 0.276. The number of nitrogens with two attached hydrogens (primary N) is 1. The Kier molecular flexibility index (Phi) is 4.55. The Balaban J connectivity index is 1.59. The van der Waals surface area contributed by atoms with Crippen molar-refractivity contribution in [1.82, 2.24) is 9.97 Å². The molecular formula is C21H18N6O. The largest absolute Gasteiger partial charge is 0.461 e. The van der Waals surface area contributed by atoms with Crippen LogP contribution in [-0.2, 0) is 0 Å². The highest BCUT2D eigenvalue weighted by atomic mass is 16.3. The molecule has 0 saturated carbocycles. The van der Waals surface area contributed by atoms with Gasteiger partial charge in [0.15, 0.2) is 5.82 Å². The van der Waals surface area contributed by atoms with E-state index >= 15 is 0 Å². The van der Waals surface area contributed by atoms with E-state index in [2.05, 4.69) is 20.4 Å². The Hall–Kier alpha value is -4.00. The van der Waals surface area contributed by atoms with Crippen LogP contribution in [0.1, 0.15) is 11.3 Å². The first kappa shape index (κ1) is 17.4. The molecule has 0 aliphatic carbocycles. The van der Waals surface area contributed by atoms with Crippen LogP contribution in [0.5, 0.6) is 0 Å². The zero-order valence-corrected chi connectivity index (χ0v) is 15.2. The Morgan fingerprint density at radius 2 is 1.96 bits per heavy atom. The topological polar surface area (TPSA) is 113 Å². The van der Waals surface area contributed by atoms with Gasteiger partial charge in [-0.15, -0.1) is 0 Å². The third-order valence-corrected chi connectivity index (χ3v) is 4.29. The van der Waals surface area contributed by atoms with Crippen LogP contribution >= 0.6 is 0 Å². The summed E-state index contributed by atoms with van der Waals surface area (Å²) in [5, 5.41) is 15.2. The summed E-state index contributed by atoms with van der Waals surface area (Å²) in [7, 11) is 0. The minimum Gasteiger partial charge on any atom is -0.461 e. The Morgan fingerprint density at radius 3 is 2.71 bits per heavy atom. The highest BCUT2D eigenvalue weighted by Gasteiger charge is 2.07. The van der Waals surface area contributed by atoms with Crippen LogP contribution in [0.25, 0.3) is 22.4 Å². The van der Waals surface area contributed by atoms with Crippen LogP contribution < -0.4 is 11.2 Å². The molecule has 0 aliphatic heterocycles. The number of rotatable bonds is 5. The number of nitrogens with one attached hydrogen (secondary N) is 2. The van der Waals surface area contributed by atoms with Gasteiger partial charge in [-0.05, 0) is 37.3 Å². The maximum absolute atomic E-state index is 7.31. The summed E-state index contributed by atoms with van der Waals surface area (Å²) in [6.45, 7) is 1.93. The predicted octanol–water partition coefficient (Wildman–Crippen LogP) is 4.25. The molecule has 0 bridgehead atoms. The second-order valence-electron chi connectivity index (χ2n) is 6.24.